The Morgan fingerprint density at radius 1 is 1.43 bits per heavy atom. The number of nitrogens with zero attached hydrogens (tertiary/aromatic N) is 1. The normalized spacial score (nSPS) is 10.7. The molecule has 14 heavy (non-hydrogen) atoms. The van der Waals surface area contributed by atoms with Crippen molar-refractivity contribution in [1.82, 2.24) is 4.90 Å². The summed E-state index contributed by atoms with van der Waals surface area (Å²) in [7, 11) is 0. The van der Waals surface area contributed by atoms with Gasteiger partial charge in [0.2, 0.25) is 0 Å². The van der Waals surface area contributed by atoms with E-state index in [2.05, 4.69) is 20.4 Å². The third-order valence-corrected chi connectivity index (χ3v) is 1.84. The molecule has 0 radical (unpaired) electrons. The fourth-order valence-corrected chi connectivity index (χ4v) is 1.14. The quantitative estimate of drug-likeness (QED) is 0.483. The summed E-state index contributed by atoms with van der Waals surface area (Å²) in [5.41, 5.74) is 1.06. The highest BCUT2D eigenvalue weighted by atomic mass is 16.5. The third-order valence-electron chi connectivity index (χ3n) is 1.84. The van der Waals surface area contributed by atoms with E-state index in [9.17, 15) is 4.79 Å². The SMILES string of the molecule is C=C(C)CN(CC(=O)OCC)C(C)C. The summed E-state index contributed by atoms with van der Waals surface area (Å²) in [6.45, 7) is 13.3. The Kier molecular flexibility index (Phi) is 6.21. The lowest BCUT2D eigenvalue weighted by Crippen LogP contribution is -2.37. The van der Waals surface area contributed by atoms with Crippen LogP contribution in [0.5, 0.6) is 0 Å². The largest absolute Gasteiger partial charge is 0.465 e. The summed E-state index contributed by atoms with van der Waals surface area (Å²) >= 11 is 0. The average Bonchev–Trinajstić information content (AvgIpc) is 2.02. The molecule has 0 aliphatic carbocycles. The topological polar surface area (TPSA) is 29.5 Å². The van der Waals surface area contributed by atoms with Crippen LogP contribution in [0.2, 0.25) is 0 Å². The lowest BCUT2D eigenvalue weighted by molar-refractivity contribution is -0.144. The number of carbonyl (C=O) groups is 1. The number of ether oxygens (including phenoxy) is 1. The van der Waals surface area contributed by atoms with Crippen LogP contribution in [0.4, 0.5) is 0 Å². The van der Waals surface area contributed by atoms with Gasteiger partial charge in [0.05, 0.1) is 13.2 Å². The van der Waals surface area contributed by atoms with Gasteiger partial charge in [-0.1, -0.05) is 12.2 Å². The van der Waals surface area contributed by atoms with E-state index in [4.69, 9.17) is 4.74 Å². The monoisotopic (exact) mass is 199 g/mol. The first-order valence-electron chi connectivity index (χ1n) is 5.01. The lowest BCUT2D eigenvalue weighted by Gasteiger charge is -2.25. The van der Waals surface area contributed by atoms with Gasteiger partial charge in [0.1, 0.15) is 0 Å². The van der Waals surface area contributed by atoms with Crippen molar-refractivity contribution in [2.24, 2.45) is 0 Å². The molecule has 0 atom stereocenters. The second kappa shape index (κ2) is 6.60. The highest BCUT2D eigenvalue weighted by Crippen LogP contribution is 2.02. The van der Waals surface area contributed by atoms with Crippen LogP contribution in [-0.4, -0.2) is 36.6 Å². The van der Waals surface area contributed by atoms with Crippen molar-refractivity contribution in [2.75, 3.05) is 19.7 Å². The van der Waals surface area contributed by atoms with Gasteiger partial charge in [0.25, 0.3) is 0 Å². The zero-order valence-corrected chi connectivity index (χ0v) is 9.67. The second-order valence-electron chi connectivity index (χ2n) is 3.76. The van der Waals surface area contributed by atoms with Crippen molar-refractivity contribution in [1.29, 1.82) is 0 Å². The molecule has 0 unspecified atom stereocenters. The summed E-state index contributed by atoms with van der Waals surface area (Å²) in [5, 5.41) is 0. The van der Waals surface area contributed by atoms with E-state index in [0.717, 1.165) is 12.1 Å². The Balaban J connectivity index is 4.09. The molecule has 0 saturated heterocycles. The Bertz CT molecular complexity index is 199. The molecule has 0 spiro atoms. The molecule has 0 rings (SSSR count). The van der Waals surface area contributed by atoms with Crippen LogP contribution in [0.1, 0.15) is 27.7 Å². The first kappa shape index (κ1) is 13.2. The minimum atomic E-state index is -0.164. The number of hydrogen-bond donors (Lipinski definition) is 0. The van der Waals surface area contributed by atoms with Gasteiger partial charge in [0, 0.05) is 12.6 Å². The molecule has 0 aromatic carbocycles. The molecular formula is C11H21NO2. The van der Waals surface area contributed by atoms with E-state index < -0.39 is 0 Å². The van der Waals surface area contributed by atoms with Crippen molar-refractivity contribution in [2.45, 2.75) is 33.7 Å². The molecule has 0 aliphatic rings. The lowest BCUT2D eigenvalue weighted by atomic mass is 10.2. The fourth-order valence-electron chi connectivity index (χ4n) is 1.14. The Morgan fingerprint density at radius 3 is 2.36 bits per heavy atom. The number of esters is 1. The van der Waals surface area contributed by atoms with E-state index in [1.807, 2.05) is 18.7 Å². The summed E-state index contributed by atoms with van der Waals surface area (Å²) in [4.78, 5) is 13.3. The van der Waals surface area contributed by atoms with Gasteiger partial charge in [0.15, 0.2) is 0 Å². The van der Waals surface area contributed by atoms with Crippen LogP contribution in [0.15, 0.2) is 12.2 Å². The van der Waals surface area contributed by atoms with Gasteiger partial charge >= 0.3 is 5.97 Å². The van der Waals surface area contributed by atoms with Crippen molar-refractivity contribution < 1.29 is 9.53 Å². The van der Waals surface area contributed by atoms with Gasteiger partial charge in [-0.2, -0.15) is 0 Å². The predicted octanol–water partition coefficient (Wildman–Crippen LogP) is 1.84. The van der Waals surface area contributed by atoms with Crippen LogP contribution in [0.3, 0.4) is 0 Å². The molecular weight excluding hydrogens is 178 g/mol. The zero-order valence-electron chi connectivity index (χ0n) is 9.67. The van der Waals surface area contributed by atoms with Crippen LogP contribution < -0.4 is 0 Å². The summed E-state index contributed by atoms with van der Waals surface area (Å²) in [6, 6.07) is 0.330. The van der Waals surface area contributed by atoms with Crippen molar-refractivity contribution in [3.63, 3.8) is 0 Å². The number of rotatable bonds is 6. The van der Waals surface area contributed by atoms with E-state index in [1.165, 1.54) is 0 Å². The highest BCUT2D eigenvalue weighted by Gasteiger charge is 2.14. The molecule has 0 aromatic heterocycles. The van der Waals surface area contributed by atoms with Crippen LogP contribution in [0.25, 0.3) is 0 Å². The maximum absolute atomic E-state index is 11.2. The minimum Gasteiger partial charge on any atom is -0.465 e. The molecule has 0 aliphatic heterocycles. The summed E-state index contributed by atoms with van der Waals surface area (Å²) in [5.74, 6) is -0.164. The third kappa shape index (κ3) is 5.75. The first-order chi connectivity index (χ1) is 6.47. The summed E-state index contributed by atoms with van der Waals surface area (Å²) < 4.78 is 4.89. The summed E-state index contributed by atoms with van der Waals surface area (Å²) in [6.07, 6.45) is 0. The van der Waals surface area contributed by atoms with Gasteiger partial charge in [-0.05, 0) is 27.7 Å². The van der Waals surface area contributed by atoms with Crippen LogP contribution in [0, 0.1) is 0 Å². The molecule has 0 saturated carbocycles. The molecule has 0 heterocycles. The van der Waals surface area contributed by atoms with E-state index >= 15 is 0 Å². The smallest absolute Gasteiger partial charge is 0.320 e. The second-order valence-corrected chi connectivity index (χ2v) is 3.76. The average molecular weight is 199 g/mol. The van der Waals surface area contributed by atoms with Gasteiger partial charge in [-0.25, -0.2) is 0 Å². The van der Waals surface area contributed by atoms with Crippen LogP contribution in [-0.2, 0) is 9.53 Å². The fraction of sp³-hybridized carbons (Fsp3) is 0.727. The maximum atomic E-state index is 11.2. The number of carbonyl (C=O) groups excluding carboxylic acids is 1. The maximum Gasteiger partial charge on any atom is 0.320 e. The zero-order chi connectivity index (χ0) is 11.1. The molecule has 3 nitrogen and oxygen atoms in total. The molecule has 0 N–H and O–H groups in total. The van der Waals surface area contributed by atoms with Gasteiger partial charge in [-0.3, -0.25) is 9.69 Å². The van der Waals surface area contributed by atoms with Crippen molar-refractivity contribution >= 4 is 5.97 Å². The first-order valence-corrected chi connectivity index (χ1v) is 5.01. The van der Waals surface area contributed by atoms with Gasteiger partial charge in [-0.15, -0.1) is 0 Å². The minimum absolute atomic E-state index is 0.164. The standard InChI is InChI=1S/C11H21NO2/c1-6-14-11(13)8-12(10(4)5)7-9(2)3/h10H,2,6-8H2,1,3-5H3. The van der Waals surface area contributed by atoms with E-state index in [1.54, 1.807) is 0 Å². The van der Waals surface area contributed by atoms with Crippen LogP contribution >= 0.6 is 0 Å². The van der Waals surface area contributed by atoms with Crippen molar-refractivity contribution in [3.8, 4) is 0 Å². The Hall–Kier alpha value is -0.830. The molecule has 3 heteroatoms. The van der Waals surface area contributed by atoms with E-state index in [0.29, 0.717) is 19.2 Å². The highest BCUT2D eigenvalue weighted by molar-refractivity contribution is 5.71. The number of hydrogen-bond acceptors (Lipinski definition) is 3. The predicted molar refractivity (Wildman–Crippen MR) is 58.2 cm³/mol. The van der Waals surface area contributed by atoms with Crippen molar-refractivity contribution in [3.05, 3.63) is 12.2 Å². The molecule has 0 amide bonds. The Morgan fingerprint density at radius 2 is 2.00 bits per heavy atom. The van der Waals surface area contributed by atoms with Gasteiger partial charge < -0.3 is 4.74 Å². The van der Waals surface area contributed by atoms with E-state index in [-0.39, 0.29) is 5.97 Å². The molecule has 0 bridgehead atoms. The molecule has 0 aromatic rings. The molecule has 0 fully saturated rings. The Labute approximate surface area is 86.7 Å². The molecule has 82 valence electrons.